The minimum absolute atomic E-state index is 0.0477. The van der Waals surface area contributed by atoms with Crippen molar-refractivity contribution in [2.75, 3.05) is 18.6 Å². The Balaban J connectivity index is 1.52. The second kappa shape index (κ2) is 8.62. The Bertz CT molecular complexity index is 911. The van der Waals surface area contributed by atoms with Crippen molar-refractivity contribution in [3.63, 3.8) is 0 Å². The summed E-state index contributed by atoms with van der Waals surface area (Å²) >= 11 is 3.06. The molecular formula is C18H22N2O4S3. The van der Waals surface area contributed by atoms with Crippen LogP contribution in [0.3, 0.4) is 0 Å². The van der Waals surface area contributed by atoms with Gasteiger partial charge >= 0.3 is 0 Å². The van der Waals surface area contributed by atoms with Gasteiger partial charge < -0.3 is 10.1 Å². The van der Waals surface area contributed by atoms with E-state index in [2.05, 4.69) is 10.3 Å². The van der Waals surface area contributed by atoms with Gasteiger partial charge in [0, 0.05) is 22.7 Å². The number of amides is 1. The molecule has 6 nitrogen and oxygen atoms in total. The van der Waals surface area contributed by atoms with Crippen LogP contribution in [-0.2, 0) is 20.4 Å². The number of aromatic nitrogens is 1. The molecule has 1 amide bonds. The van der Waals surface area contributed by atoms with Crippen LogP contribution in [0.25, 0.3) is 10.6 Å². The first-order chi connectivity index (χ1) is 12.9. The van der Waals surface area contributed by atoms with Gasteiger partial charge in [-0.15, -0.1) is 23.1 Å². The van der Waals surface area contributed by atoms with Crippen molar-refractivity contribution in [3.8, 4) is 16.3 Å². The van der Waals surface area contributed by atoms with Gasteiger partial charge in [0.25, 0.3) is 0 Å². The number of thioether (sulfide) groups is 1. The van der Waals surface area contributed by atoms with Crippen molar-refractivity contribution >= 4 is 38.8 Å². The minimum Gasteiger partial charge on any atom is -0.497 e. The molecule has 1 N–H and O–H groups in total. The number of carbonyl (C=O) groups excluding carboxylic acids is 1. The molecule has 2 heterocycles. The summed E-state index contributed by atoms with van der Waals surface area (Å²) < 4.78 is 28.2. The Hall–Kier alpha value is -1.58. The van der Waals surface area contributed by atoms with Crippen LogP contribution in [0, 0.1) is 0 Å². The lowest BCUT2D eigenvalue weighted by Crippen LogP contribution is -2.40. The average Bonchev–Trinajstić information content (AvgIpc) is 3.26. The summed E-state index contributed by atoms with van der Waals surface area (Å²) in [7, 11) is -1.35. The van der Waals surface area contributed by atoms with E-state index in [1.54, 1.807) is 18.4 Å². The van der Waals surface area contributed by atoms with Gasteiger partial charge in [-0.25, -0.2) is 13.4 Å². The molecule has 1 aliphatic rings. The van der Waals surface area contributed by atoms with Crippen LogP contribution >= 0.6 is 23.1 Å². The van der Waals surface area contributed by atoms with Crippen LogP contribution in [-0.4, -0.2) is 49.2 Å². The van der Waals surface area contributed by atoms with Gasteiger partial charge in [-0.2, -0.15) is 0 Å². The predicted octanol–water partition coefficient (Wildman–Crippen LogP) is 2.74. The normalized spacial score (nSPS) is 19.6. The van der Waals surface area contributed by atoms with Crippen LogP contribution in [0.5, 0.6) is 5.75 Å². The molecule has 9 heteroatoms. The Morgan fingerprint density at radius 3 is 3.00 bits per heavy atom. The number of methoxy groups -OCH3 is 1. The van der Waals surface area contributed by atoms with Gasteiger partial charge in [-0.3, -0.25) is 4.79 Å². The highest BCUT2D eigenvalue weighted by Gasteiger charge is 2.30. The Morgan fingerprint density at radius 2 is 2.30 bits per heavy atom. The van der Waals surface area contributed by atoms with E-state index in [0.29, 0.717) is 12.2 Å². The Kier molecular flexibility index (Phi) is 6.44. The molecular weight excluding hydrogens is 404 g/mol. The Labute approximate surface area is 167 Å². The van der Waals surface area contributed by atoms with Crippen molar-refractivity contribution < 1.29 is 17.9 Å². The standard InChI is InChI=1S/C18H22N2O4S3/c1-12(17(21)19-14-6-7-27(22,23)11-14)25-9-15-10-26-18(20-15)13-4-3-5-16(8-13)24-2/h3-5,8,10,12,14H,6-7,9,11H2,1-2H3,(H,19,21). The molecule has 0 spiro atoms. The predicted molar refractivity (Wildman–Crippen MR) is 110 cm³/mol. The molecule has 2 aromatic rings. The quantitative estimate of drug-likeness (QED) is 0.733. The maximum absolute atomic E-state index is 12.3. The molecule has 0 saturated carbocycles. The highest BCUT2D eigenvalue weighted by atomic mass is 32.2. The van der Waals surface area contributed by atoms with Crippen molar-refractivity contribution in [1.29, 1.82) is 0 Å². The molecule has 0 aliphatic carbocycles. The van der Waals surface area contributed by atoms with Crippen LogP contribution in [0.4, 0.5) is 0 Å². The van der Waals surface area contributed by atoms with Gasteiger partial charge in [0.05, 0.1) is 29.6 Å². The average molecular weight is 427 g/mol. The highest BCUT2D eigenvalue weighted by molar-refractivity contribution is 7.99. The second-order valence-electron chi connectivity index (χ2n) is 6.44. The molecule has 1 saturated heterocycles. The molecule has 2 unspecified atom stereocenters. The first kappa shape index (κ1) is 20.2. The fourth-order valence-corrected chi connectivity index (χ4v) is 6.16. The lowest BCUT2D eigenvalue weighted by atomic mass is 10.2. The largest absolute Gasteiger partial charge is 0.497 e. The van der Waals surface area contributed by atoms with Crippen molar-refractivity contribution in [2.45, 2.75) is 30.4 Å². The monoisotopic (exact) mass is 426 g/mol. The number of nitrogens with one attached hydrogen (secondary N) is 1. The number of benzene rings is 1. The third kappa shape index (κ3) is 5.46. The molecule has 1 aromatic carbocycles. The third-order valence-electron chi connectivity index (χ3n) is 4.30. The summed E-state index contributed by atoms with van der Waals surface area (Å²) in [4.78, 5) is 16.9. The van der Waals surface area contributed by atoms with Crippen LogP contribution in [0.15, 0.2) is 29.6 Å². The molecule has 1 aliphatic heterocycles. The number of thiazole rings is 1. The number of hydrogen-bond acceptors (Lipinski definition) is 7. The SMILES string of the molecule is COc1cccc(-c2nc(CSC(C)C(=O)NC3CCS(=O)(=O)C3)cs2)c1. The van der Waals surface area contributed by atoms with E-state index in [9.17, 15) is 13.2 Å². The molecule has 146 valence electrons. The van der Waals surface area contributed by atoms with E-state index in [0.717, 1.165) is 22.0 Å². The smallest absolute Gasteiger partial charge is 0.233 e. The van der Waals surface area contributed by atoms with Crippen LogP contribution in [0.2, 0.25) is 0 Å². The molecule has 2 atom stereocenters. The highest BCUT2D eigenvalue weighted by Crippen LogP contribution is 2.28. The van der Waals surface area contributed by atoms with Gasteiger partial charge in [-0.1, -0.05) is 12.1 Å². The number of carbonyl (C=O) groups is 1. The van der Waals surface area contributed by atoms with Crippen LogP contribution in [0.1, 0.15) is 19.0 Å². The van der Waals surface area contributed by atoms with Gasteiger partial charge in [0.15, 0.2) is 9.84 Å². The van der Waals surface area contributed by atoms with Gasteiger partial charge in [-0.05, 0) is 25.5 Å². The zero-order chi connectivity index (χ0) is 19.4. The van der Waals surface area contributed by atoms with E-state index in [4.69, 9.17) is 4.74 Å². The molecule has 1 aromatic heterocycles. The molecule has 0 radical (unpaired) electrons. The number of rotatable bonds is 7. The molecule has 3 rings (SSSR count). The van der Waals surface area contributed by atoms with E-state index in [-0.39, 0.29) is 28.7 Å². The first-order valence-corrected chi connectivity index (χ1v) is 12.3. The summed E-state index contributed by atoms with van der Waals surface area (Å²) in [6.07, 6.45) is 0.501. The second-order valence-corrected chi connectivity index (χ2v) is 10.9. The van der Waals surface area contributed by atoms with Crippen molar-refractivity contribution in [1.82, 2.24) is 10.3 Å². The van der Waals surface area contributed by atoms with E-state index < -0.39 is 9.84 Å². The van der Waals surface area contributed by atoms with Gasteiger partial charge in [0.1, 0.15) is 10.8 Å². The summed E-state index contributed by atoms with van der Waals surface area (Å²) in [5.41, 5.74) is 1.93. The fraction of sp³-hybridized carbons (Fsp3) is 0.444. The topological polar surface area (TPSA) is 85.4 Å². The van der Waals surface area contributed by atoms with E-state index in [1.165, 1.54) is 11.8 Å². The third-order valence-corrected chi connectivity index (χ3v) is 8.18. The lowest BCUT2D eigenvalue weighted by molar-refractivity contribution is -0.120. The molecule has 27 heavy (non-hydrogen) atoms. The Morgan fingerprint density at radius 1 is 1.48 bits per heavy atom. The maximum Gasteiger partial charge on any atom is 0.233 e. The fourth-order valence-electron chi connectivity index (χ4n) is 2.78. The van der Waals surface area contributed by atoms with E-state index >= 15 is 0 Å². The number of ether oxygens (including phenoxy) is 1. The number of sulfone groups is 1. The number of hydrogen-bond donors (Lipinski definition) is 1. The van der Waals surface area contributed by atoms with Gasteiger partial charge in [0.2, 0.25) is 5.91 Å². The summed E-state index contributed by atoms with van der Waals surface area (Å²) in [5.74, 6) is 1.50. The minimum atomic E-state index is -2.99. The summed E-state index contributed by atoms with van der Waals surface area (Å²) in [6, 6.07) is 7.50. The summed E-state index contributed by atoms with van der Waals surface area (Å²) in [5, 5.41) is 5.49. The zero-order valence-corrected chi connectivity index (χ0v) is 17.6. The lowest BCUT2D eigenvalue weighted by Gasteiger charge is -2.15. The van der Waals surface area contributed by atoms with Crippen molar-refractivity contribution in [2.24, 2.45) is 0 Å². The van der Waals surface area contributed by atoms with E-state index in [1.807, 2.05) is 36.6 Å². The first-order valence-electron chi connectivity index (χ1n) is 8.57. The maximum atomic E-state index is 12.3. The molecule has 0 bridgehead atoms. The van der Waals surface area contributed by atoms with Crippen molar-refractivity contribution in [3.05, 3.63) is 35.3 Å². The number of nitrogens with zero attached hydrogens (tertiary/aromatic N) is 1. The zero-order valence-electron chi connectivity index (χ0n) is 15.2. The molecule has 1 fully saturated rings. The van der Waals surface area contributed by atoms with Crippen LogP contribution < -0.4 is 10.1 Å². The summed E-state index contributed by atoms with van der Waals surface area (Å²) in [6.45, 7) is 1.83.